The van der Waals surface area contributed by atoms with E-state index in [1.165, 1.54) is 5.56 Å². The number of thiocarbonyl (C=S) groups is 1. The summed E-state index contributed by atoms with van der Waals surface area (Å²) in [7, 11) is 1.68. The zero-order valence-electron chi connectivity index (χ0n) is 11.0. The molecule has 0 amide bonds. The maximum Gasteiger partial charge on any atom is 0.122 e. The van der Waals surface area contributed by atoms with E-state index >= 15 is 0 Å². The fourth-order valence-electron chi connectivity index (χ4n) is 2.09. The van der Waals surface area contributed by atoms with E-state index in [1.54, 1.807) is 7.11 Å². The van der Waals surface area contributed by atoms with Crippen molar-refractivity contribution in [2.45, 2.75) is 33.1 Å². The molecule has 0 aliphatic carbocycles. The number of methoxy groups -OCH3 is 1. The number of hydrogen-bond acceptors (Lipinski definition) is 2. The minimum Gasteiger partial charge on any atom is -0.496 e. The van der Waals surface area contributed by atoms with Crippen molar-refractivity contribution < 1.29 is 4.74 Å². The molecule has 0 heterocycles. The molecule has 0 bridgehead atoms. The largest absolute Gasteiger partial charge is 0.496 e. The number of benzene rings is 1. The van der Waals surface area contributed by atoms with Gasteiger partial charge in [-0.15, -0.1) is 0 Å². The summed E-state index contributed by atoms with van der Waals surface area (Å²) in [5, 5.41) is 0. The van der Waals surface area contributed by atoms with Gasteiger partial charge in [-0.2, -0.15) is 0 Å². The van der Waals surface area contributed by atoms with Crippen molar-refractivity contribution in [2.75, 3.05) is 7.11 Å². The van der Waals surface area contributed by atoms with E-state index in [9.17, 15) is 0 Å². The predicted octanol–water partition coefficient (Wildman–Crippen LogP) is 3.28. The standard InChI is InChI=1S/C14H21NOS/c1-5-10-6-7-12(16-4)11(8-10)13(9(2)3)14(15)17/h6-9,13H,5H2,1-4H3,(H2,15,17). The van der Waals surface area contributed by atoms with Gasteiger partial charge < -0.3 is 10.5 Å². The highest BCUT2D eigenvalue weighted by Crippen LogP contribution is 2.33. The molecule has 2 N–H and O–H groups in total. The molecule has 0 aliphatic rings. The van der Waals surface area contributed by atoms with E-state index in [0.717, 1.165) is 17.7 Å². The lowest BCUT2D eigenvalue weighted by atomic mass is 9.86. The van der Waals surface area contributed by atoms with Gasteiger partial charge >= 0.3 is 0 Å². The second kappa shape index (κ2) is 6.01. The zero-order chi connectivity index (χ0) is 13.0. The van der Waals surface area contributed by atoms with Crippen LogP contribution in [-0.4, -0.2) is 12.1 Å². The predicted molar refractivity (Wildman–Crippen MR) is 76.7 cm³/mol. The average molecular weight is 251 g/mol. The summed E-state index contributed by atoms with van der Waals surface area (Å²) in [5.41, 5.74) is 8.25. The molecular weight excluding hydrogens is 230 g/mol. The van der Waals surface area contributed by atoms with Crippen LogP contribution >= 0.6 is 12.2 Å². The Morgan fingerprint density at radius 1 is 1.41 bits per heavy atom. The van der Waals surface area contributed by atoms with Gasteiger partial charge in [0.25, 0.3) is 0 Å². The van der Waals surface area contributed by atoms with Crippen molar-refractivity contribution in [3.05, 3.63) is 29.3 Å². The second-order valence-corrected chi connectivity index (χ2v) is 5.03. The quantitative estimate of drug-likeness (QED) is 0.816. The van der Waals surface area contributed by atoms with E-state index in [4.69, 9.17) is 22.7 Å². The highest BCUT2D eigenvalue weighted by Gasteiger charge is 2.22. The first kappa shape index (κ1) is 14.0. The van der Waals surface area contributed by atoms with E-state index in [2.05, 4.69) is 32.9 Å². The third-order valence-electron chi connectivity index (χ3n) is 3.01. The van der Waals surface area contributed by atoms with Crippen LogP contribution in [0.4, 0.5) is 0 Å². The Bertz CT molecular complexity index is 401. The molecule has 0 aromatic heterocycles. The Hall–Kier alpha value is -1.09. The summed E-state index contributed by atoms with van der Waals surface area (Å²) in [6.45, 7) is 6.39. The first-order valence-electron chi connectivity index (χ1n) is 5.97. The lowest BCUT2D eigenvalue weighted by Gasteiger charge is -2.22. The van der Waals surface area contributed by atoms with Gasteiger partial charge in [0.1, 0.15) is 5.75 Å². The van der Waals surface area contributed by atoms with Crippen LogP contribution in [-0.2, 0) is 6.42 Å². The summed E-state index contributed by atoms with van der Waals surface area (Å²) in [5.74, 6) is 1.31. The van der Waals surface area contributed by atoms with Gasteiger partial charge in [-0.1, -0.05) is 45.1 Å². The summed E-state index contributed by atoms with van der Waals surface area (Å²) in [6.07, 6.45) is 0.999. The van der Waals surface area contributed by atoms with Crippen molar-refractivity contribution in [3.8, 4) is 5.75 Å². The molecule has 1 aromatic carbocycles. The summed E-state index contributed by atoms with van der Waals surface area (Å²) < 4.78 is 5.41. The molecule has 94 valence electrons. The number of aryl methyl sites for hydroxylation is 1. The van der Waals surface area contributed by atoms with Gasteiger partial charge in [-0.05, 0) is 24.0 Å². The molecule has 1 rings (SSSR count). The van der Waals surface area contributed by atoms with Crippen molar-refractivity contribution in [2.24, 2.45) is 11.7 Å². The fraction of sp³-hybridized carbons (Fsp3) is 0.500. The molecule has 1 atom stereocenters. The topological polar surface area (TPSA) is 35.2 Å². The number of ether oxygens (including phenoxy) is 1. The smallest absolute Gasteiger partial charge is 0.122 e. The van der Waals surface area contributed by atoms with Crippen LogP contribution in [0.5, 0.6) is 5.75 Å². The molecule has 0 spiro atoms. The second-order valence-electron chi connectivity index (χ2n) is 4.55. The number of rotatable bonds is 5. The van der Waals surface area contributed by atoms with Crippen molar-refractivity contribution in [1.29, 1.82) is 0 Å². The monoisotopic (exact) mass is 251 g/mol. The van der Waals surface area contributed by atoms with Crippen molar-refractivity contribution >= 4 is 17.2 Å². The molecule has 0 fully saturated rings. The SMILES string of the molecule is CCc1ccc(OC)c(C(C(N)=S)C(C)C)c1. The minimum atomic E-state index is 0.0754. The van der Waals surface area contributed by atoms with Crippen LogP contribution in [0.15, 0.2) is 18.2 Å². The van der Waals surface area contributed by atoms with E-state index in [0.29, 0.717) is 10.9 Å². The lowest BCUT2D eigenvalue weighted by Crippen LogP contribution is -2.24. The van der Waals surface area contributed by atoms with Gasteiger partial charge in [0.05, 0.1) is 12.1 Å². The van der Waals surface area contributed by atoms with Gasteiger partial charge in [0.15, 0.2) is 0 Å². The maximum atomic E-state index is 5.86. The minimum absolute atomic E-state index is 0.0754. The molecule has 1 aromatic rings. The maximum absolute atomic E-state index is 5.86. The van der Waals surface area contributed by atoms with Crippen molar-refractivity contribution in [1.82, 2.24) is 0 Å². The number of hydrogen-bond donors (Lipinski definition) is 1. The number of nitrogens with two attached hydrogens (primary N) is 1. The Morgan fingerprint density at radius 3 is 2.47 bits per heavy atom. The fourth-order valence-corrected chi connectivity index (χ4v) is 2.49. The molecule has 17 heavy (non-hydrogen) atoms. The van der Waals surface area contributed by atoms with E-state index in [-0.39, 0.29) is 5.92 Å². The Labute approximate surface area is 109 Å². The third-order valence-corrected chi connectivity index (χ3v) is 3.26. The molecule has 0 radical (unpaired) electrons. The summed E-state index contributed by atoms with van der Waals surface area (Å²) in [4.78, 5) is 0.534. The zero-order valence-corrected chi connectivity index (χ0v) is 11.8. The molecule has 2 nitrogen and oxygen atoms in total. The van der Waals surface area contributed by atoms with Gasteiger partial charge in [0.2, 0.25) is 0 Å². The third kappa shape index (κ3) is 3.19. The summed E-state index contributed by atoms with van der Waals surface area (Å²) in [6, 6.07) is 6.24. The van der Waals surface area contributed by atoms with Crippen LogP contribution in [0.2, 0.25) is 0 Å². The molecule has 0 saturated carbocycles. The average Bonchev–Trinajstić information content (AvgIpc) is 2.28. The normalized spacial score (nSPS) is 12.5. The molecule has 0 aliphatic heterocycles. The Kier molecular flexibility index (Phi) is 4.94. The van der Waals surface area contributed by atoms with Gasteiger partial charge in [0, 0.05) is 11.5 Å². The van der Waals surface area contributed by atoms with E-state index < -0.39 is 0 Å². The van der Waals surface area contributed by atoms with Crippen molar-refractivity contribution in [3.63, 3.8) is 0 Å². The van der Waals surface area contributed by atoms with Crippen LogP contribution in [0.3, 0.4) is 0 Å². The highest BCUT2D eigenvalue weighted by molar-refractivity contribution is 7.80. The Morgan fingerprint density at radius 2 is 2.06 bits per heavy atom. The Balaban J connectivity index is 3.28. The molecule has 3 heteroatoms. The first-order valence-corrected chi connectivity index (χ1v) is 6.38. The van der Waals surface area contributed by atoms with E-state index in [1.807, 2.05) is 6.07 Å². The molecule has 0 saturated heterocycles. The lowest BCUT2D eigenvalue weighted by molar-refractivity contribution is 0.404. The van der Waals surface area contributed by atoms with Gasteiger partial charge in [-0.3, -0.25) is 0 Å². The first-order chi connectivity index (χ1) is 8.01. The summed E-state index contributed by atoms with van der Waals surface area (Å²) >= 11 is 5.18. The van der Waals surface area contributed by atoms with Crippen LogP contribution in [0.1, 0.15) is 37.8 Å². The van der Waals surface area contributed by atoms with Crippen LogP contribution in [0, 0.1) is 5.92 Å². The van der Waals surface area contributed by atoms with Crippen LogP contribution < -0.4 is 10.5 Å². The molecular formula is C14H21NOS. The highest BCUT2D eigenvalue weighted by atomic mass is 32.1. The van der Waals surface area contributed by atoms with Crippen LogP contribution in [0.25, 0.3) is 0 Å². The molecule has 1 unspecified atom stereocenters. The van der Waals surface area contributed by atoms with Gasteiger partial charge in [-0.25, -0.2) is 0 Å².